The van der Waals surface area contributed by atoms with Crippen LogP contribution in [0.2, 0.25) is 0 Å². The largest absolute Gasteiger partial charge is 0.356 e. The Bertz CT molecular complexity index is 959. The van der Waals surface area contributed by atoms with E-state index >= 15 is 0 Å². The van der Waals surface area contributed by atoms with Gasteiger partial charge in [0.2, 0.25) is 5.91 Å². The molecule has 2 fully saturated rings. The van der Waals surface area contributed by atoms with E-state index in [0.717, 1.165) is 61.7 Å². The lowest BCUT2D eigenvalue weighted by molar-refractivity contribution is -0.138. The predicted molar refractivity (Wildman–Crippen MR) is 106 cm³/mol. The third-order valence-electron chi connectivity index (χ3n) is 5.79. The number of fused-ring (bicyclic) bond motifs is 1. The molecule has 0 saturated carbocycles. The average Bonchev–Trinajstić information content (AvgIpc) is 3.11. The third-order valence-corrected chi connectivity index (χ3v) is 5.79. The molecule has 144 valence electrons. The molecule has 2 aliphatic heterocycles. The molecule has 1 aromatic carbocycles. The van der Waals surface area contributed by atoms with Crippen LogP contribution in [0.4, 0.5) is 5.82 Å². The molecule has 2 saturated heterocycles. The van der Waals surface area contributed by atoms with Crippen molar-refractivity contribution in [2.24, 2.45) is 0 Å². The molecule has 0 bridgehead atoms. The van der Waals surface area contributed by atoms with Crippen LogP contribution in [0.1, 0.15) is 5.69 Å². The number of hydrogen-bond donors (Lipinski definition) is 0. The first-order chi connectivity index (χ1) is 13.8. The fourth-order valence-electron chi connectivity index (χ4n) is 4.07. The number of nitrogens with zero attached hydrogens (tertiary/aromatic N) is 5. The molecule has 7 nitrogen and oxygen atoms in total. The molecule has 0 radical (unpaired) electrons. The van der Waals surface area contributed by atoms with Crippen molar-refractivity contribution in [2.45, 2.75) is 12.5 Å². The molecule has 0 N–H and O–H groups in total. The van der Waals surface area contributed by atoms with Crippen LogP contribution in [0, 0.1) is 0 Å². The first kappa shape index (κ1) is 17.2. The zero-order valence-corrected chi connectivity index (χ0v) is 15.7. The Morgan fingerprint density at radius 2 is 1.82 bits per heavy atom. The normalized spacial score (nSPS) is 18.4. The third kappa shape index (κ3) is 3.22. The molecule has 0 aliphatic carbocycles. The number of pyridine rings is 1. The van der Waals surface area contributed by atoms with Gasteiger partial charge >= 0.3 is 0 Å². The van der Waals surface area contributed by atoms with E-state index < -0.39 is 0 Å². The second-order valence-corrected chi connectivity index (χ2v) is 7.47. The van der Waals surface area contributed by atoms with Gasteiger partial charge in [0.05, 0.1) is 6.42 Å². The molecule has 0 spiro atoms. The van der Waals surface area contributed by atoms with Crippen molar-refractivity contribution >= 4 is 22.7 Å². The number of carbonyl (C=O) groups is 1. The quantitative estimate of drug-likeness (QED) is 0.691. The molecule has 0 atom stereocenters. The highest BCUT2D eigenvalue weighted by Crippen LogP contribution is 2.22. The van der Waals surface area contributed by atoms with Crippen LogP contribution in [0.25, 0.3) is 11.0 Å². The van der Waals surface area contributed by atoms with Crippen molar-refractivity contribution in [3.8, 4) is 0 Å². The molecule has 5 rings (SSSR count). The Kier molecular flexibility index (Phi) is 4.44. The van der Waals surface area contributed by atoms with E-state index in [9.17, 15) is 4.79 Å². The molecular formula is C21H23N5O2. The number of hydrogen-bond acceptors (Lipinski definition) is 6. The SMILES string of the molecule is O=C(Cc1noc2ccccc12)N1CC(N2CCN(c3ccccn3)CC2)C1. The highest BCUT2D eigenvalue weighted by molar-refractivity contribution is 5.86. The Hall–Kier alpha value is -2.93. The second kappa shape index (κ2) is 7.24. The zero-order valence-electron chi connectivity index (χ0n) is 15.7. The van der Waals surface area contributed by atoms with Crippen molar-refractivity contribution in [2.75, 3.05) is 44.2 Å². The van der Waals surface area contributed by atoms with Gasteiger partial charge in [0.1, 0.15) is 11.5 Å². The number of benzene rings is 1. The van der Waals surface area contributed by atoms with Gasteiger partial charge in [0.15, 0.2) is 5.58 Å². The number of para-hydroxylation sites is 1. The standard InChI is InChI=1S/C21H23N5O2/c27-21(13-18-17-5-1-2-6-19(17)28-23-18)26-14-16(15-26)24-9-11-25(12-10-24)20-7-3-4-8-22-20/h1-8,16H,9-15H2. The topological polar surface area (TPSA) is 65.7 Å². The lowest BCUT2D eigenvalue weighted by Crippen LogP contribution is -2.64. The Labute approximate surface area is 163 Å². The number of rotatable bonds is 4. The van der Waals surface area contributed by atoms with Crippen molar-refractivity contribution in [1.29, 1.82) is 0 Å². The van der Waals surface area contributed by atoms with Crippen LogP contribution in [0.15, 0.2) is 53.2 Å². The van der Waals surface area contributed by atoms with E-state index in [-0.39, 0.29) is 5.91 Å². The number of anilines is 1. The lowest BCUT2D eigenvalue weighted by Gasteiger charge is -2.48. The number of likely N-dealkylation sites (tertiary alicyclic amines) is 1. The summed E-state index contributed by atoms with van der Waals surface area (Å²) in [5, 5.41) is 5.01. The van der Waals surface area contributed by atoms with Crippen LogP contribution in [0.5, 0.6) is 0 Å². The van der Waals surface area contributed by atoms with Crippen LogP contribution >= 0.6 is 0 Å². The maximum Gasteiger partial charge on any atom is 0.228 e. The van der Waals surface area contributed by atoms with Crippen molar-refractivity contribution in [3.05, 3.63) is 54.4 Å². The van der Waals surface area contributed by atoms with Crippen LogP contribution < -0.4 is 4.90 Å². The van der Waals surface area contributed by atoms with Gasteiger partial charge in [-0.05, 0) is 24.3 Å². The summed E-state index contributed by atoms with van der Waals surface area (Å²) in [6.45, 7) is 5.59. The number of aromatic nitrogens is 2. The molecule has 3 aromatic rings. The summed E-state index contributed by atoms with van der Waals surface area (Å²) in [5.74, 6) is 1.18. The van der Waals surface area contributed by atoms with E-state index in [0.29, 0.717) is 12.5 Å². The van der Waals surface area contributed by atoms with Gasteiger partial charge in [-0.15, -0.1) is 0 Å². The molecule has 7 heteroatoms. The molecule has 2 aliphatic rings. The lowest BCUT2D eigenvalue weighted by atomic mass is 10.0. The van der Waals surface area contributed by atoms with E-state index in [1.165, 1.54) is 0 Å². The monoisotopic (exact) mass is 377 g/mol. The van der Waals surface area contributed by atoms with E-state index in [1.54, 1.807) is 0 Å². The summed E-state index contributed by atoms with van der Waals surface area (Å²) in [7, 11) is 0. The summed E-state index contributed by atoms with van der Waals surface area (Å²) in [5.41, 5.74) is 1.46. The van der Waals surface area contributed by atoms with Gasteiger partial charge < -0.3 is 14.3 Å². The Morgan fingerprint density at radius 3 is 2.61 bits per heavy atom. The number of amides is 1. The summed E-state index contributed by atoms with van der Waals surface area (Å²) in [6.07, 6.45) is 2.15. The molecule has 2 aromatic heterocycles. The molecular weight excluding hydrogens is 354 g/mol. The maximum atomic E-state index is 12.6. The number of piperazine rings is 1. The van der Waals surface area contributed by atoms with E-state index in [2.05, 4.69) is 26.0 Å². The highest BCUT2D eigenvalue weighted by Gasteiger charge is 2.36. The highest BCUT2D eigenvalue weighted by atomic mass is 16.5. The molecule has 0 unspecified atom stereocenters. The Balaban J connectivity index is 1.12. The van der Waals surface area contributed by atoms with Gasteiger partial charge in [0.25, 0.3) is 0 Å². The fraction of sp³-hybridized carbons (Fsp3) is 0.381. The first-order valence-corrected chi connectivity index (χ1v) is 9.79. The van der Waals surface area contributed by atoms with Gasteiger partial charge in [-0.1, -0.05) is 23.4 Å². The van der Waals surface area contributed by atoms with E-state index in [4.69, 9.17) is 4.52 Å². The van der Waals surface area contributed by atoms with Gasteiger partial charge in [-0.3, -0.25) is 9.69 Å². The zero-order chi connectivity index (χ0) is 18.9. The molecule has 1 amide bonds. The second-order valence-electron chi connectivity index (χ2n) is 7.47. The summed E-state index contributed by atoms with van der Waals surface area (Å²) in [4.78, 5) is 23.8. The number of carbonyl (C=O) groups excluding carboxylic acids is 1. The smallest absolute Gasteiger partial charge is 0.228 e. The minimum Gasteiger partial charge on any atom is -0.356 e. The summed E-state index contributed by atoms with van der Waals surface area (Å²) >= 11 is 0. The van der Waals surface area contributed by atoms with Gasteiger partial charge in [-0.25, -0.2) is 4.98 Å². The average molecular weight is 377 g/mol. The van der Waals surface area contributed by atoms with Crippen molar-refractivity contribution < 1.29 is 9.32 Å². The molecule has 28 heavy (non-hydrogen) atoms. The first-order valence-electron chi connectivity index (χ1n) is 9.79. The maximum absolute atomic E-state index is 12.6. The fourth-order valence-corrected chi connectivity index (χ4v) is 4.07. The molecule has 4 heterocycles. The van der Waals surface area contributed by atoms with E-state index in [1.807, 2.05) is 47.5 Å². The summed E-state index contributed by atoms with van der Waals surface area (Å²) in [6, 6.07) is 14.2. The van der Waals surface area contributed by atoms with Crippen LogP contribution in [-0.2, 0) is 11.2 Å². The van der Waals surface area contributed by atoms with Crippen molar-refractivity contribution in [3.63, 3.8) is 0 Å². The van der Waals surface area contributed by atoms with Crippen LogP contribution in [0.3, 0.4) is 0 Å². The predicted octanol–water partition coefficient (Wildman–Crippen LogP) is 1.80. The minimum atomic E-state index is 0.127. The minimum absolute atomic E-state index is 0.127. The Morgan fingerprint density at radius 1 is 1.04 bits per heavy atom. The summed E-state index contributed by atoms with van der Waals surface area (Å²) < 4.78 is 5.31. The van der Waals surface area contributed by atoms with Gasteiger partial charge in [-0.2, -0.15) is 0 Å². The van der Waals surface area contributed by atoms with Crippen molar-refractivity contribution in [1.82, 2.24) is 19.9 Å². The van der Waals surface area contributed by atoms with Crippen LogP contribution in [-0.4, -0.2) is 71.2 Å². The van der Waals surface area contributed by atoms with Gasteiger partial charge in [0, 0.05) is 56.9 Å².